The number of carbonyl (C=O) groups is 1. The summed E-state index contributed by atoms with van der Waals surface area (Å²) in [6.45, 7) is 7.37. The van der Waals surface area contributed by atoms with Crippen molar-refractivity contribution in [3.05, 3.63) is 41.5 Å². The summed E-state index contributed by atoms with van der Waals surface area (Å²) < 4.78 is 18.3. The summed E-state index contributed by atoms with van der Waals surface area (Å²) in [4.78, 5) is 19.7. The molecule has 1 aliphatic carbocycles. The van der Waals surface area contributed by atoms with Crippen molar-refractivity contribution in [1.82, 2.24) is 15.3 Å². The van der Waals surface area contributed by atoms with Gasteiger partial charge in [0.15, 0.2) is 0 Å². The molecule has 0 aliphatic heterocycles. The minimum absolute atomic E-state index is 0.0762. The fourth-order valence-corrected chi connectivity index (χ4v) is 4.29. The highest BCUT2D eigenvalue weighted by Gasteiger charge is 2.32. The van der Waals surface area contributed by atoms with Crippen LogP contribution in [0.25, 0.3) is 11.0 Å². The summed E-state index contributed by atoms with van der Waals surface area (Å²) in [7, 11) is 1.53. The number of benzene rings is 1. The smallest absolute Gasteiger partial charge is 0.246 e. The summed E-state index contributed by atoms with van der Waals surface area (Å²) in [6.07, 6.45) is 4.18. The first-order chi connectivity index (χ1) is 13.4. The van der Waals surface area contributed by atoms with E-state index in [2.05, 4.69) is 42.1 Å². The van der Waals surface area contributed by atoms with Crippen LogP contribution in [0.1, 0.15) is 33.0 Å². The third-order valence-electron chi connectivity index (χ3n) is 5.83. The normalized spacial score (nSPS) is 22.5. The van der Waals surface area contributed by atoms with E-state index >= 15 is 0 Å². The van der Waals surface area contributed by atoms with E-state index < -0.39 is 0 Å². The van der Waals surface area contributed by atoms with E-state index in [9.17, 15) is 9.18 Å². The fourth-order valence-electron chi connectivity index (χ4n) is 4.29. The Hall–Kier alpha value is -2.21. The van der Waals surface area contributed by atoms with Crippen molar-refractivity contribution in [2.45, 2.75) is 33.6 Å². The molecule has 1 aromatic heterocycles. The maximum Gasteiger partial charge on any atom is 0.246 e. The zero-order valence-corrected chi connectivity index (χ0v) is 17.1. The van der Waals surface area contributed by atoms with Crippen LogP contribution in [0.3, 0.4) is 0 Å². The molecule has 1 amide bonds. The summed E-state index contributed by atoms with van der Waals surface area (Å²) >= 11 is 0. The van der Waals surface area contributed by atoms with Gasteiger partial charge in [-0.2, -0.15) is 0 Å². The van der Waals surface area contributed by atoms with E-state index in [0.717, 1.165) is 29.7 Å². The van der Waals surface area contributed by atoms with Crippen molar-refractivity contribution < 1.29 is 13.9 Å². The van der Waals surface area contributed by atoms with Gasteiger partial charge >= 0.3 is 0 Å². The fraction of sp³-hybridized carbons (Fsp3) is 0.545. The van der Waals surface area contributed by atoms with Gasteiger partial charge in [-0.15, -0.1) is 0 Å². The molecule has 3 atom stereocenters. The lowest BCUT2D eigenvalue weighted by atomic mass is 9.70. The summed E-state index contributed by atoms with van der Waals surface area (Å²) in [5, 5.41) is 2.98. The van der Waals surface area contributed by atoms with Crippen LogP contribution in [0.15, 0.2) is 29.8 Å². The van der Waals surface area contributed by atoms with Gasteiger partial charge in [0, 0.05) is 20.1 Å². The molecule has 0 fully saturated rings. The molecule has 0 spiro atoms. The number of ether oxygens (including phenoxy) is 1. The second kappa shape index (κ2) is 8.86. The highest BCUT2D eigenvalue weighted by atomic mass is 19.1. The standard InChI is InChI=1S/C22H30FN3O2/c1-13(2)18-8-15(14(3)7-16(18)11-24-22(27)12-28-4)9-21-25-19-6-5-17(23)10-20(19)26-21/h5-7,10,13,15-16,18H,8-9,11-12H2,1-4H3,(H,24,27)(H,25,26). The minimum atomic E-state index is -0.255. The number of rotatable bonds is 7. The molecule has 6 heteroatoms. The van der Waals surface area contributed by atoms with Gasteiger partial charge in [0.1, 0.15) is 18.2 Å². The third-order valence-corrected chi connectivity index (χ3v) is 5.83. The molecule has 1 aromatic carbocycles. The third kappa shape index (κ3) is 4.79. The van der Waals surface area contributed by atoms with Crippen LogP contribution in [-0.4, -0.2) is 36.1 Å². The maximum atomic E-state index is 13.4. The Balaban J connectivity index is 1.73. The highest BCUT2D eigenvalue weighted by Crippen LogP contribution is 2.38. The van der Waals surface area contributed by atoms with Crippen LogP contribution in [0.5, 0.6) is 0 Å². The number of amides is 1. The van der Waals surface area contributed by atoms with E-state index in [1.165, 1.54) is 24.8 Å². The number of hydrogen-bond donors (Lipinski definition) is 2. The van der Waals surface area contributed by atoms with Crippen molar-refractivity contribution >= 4 is 16.9 Å². The van der Waals surface area contributed by atoms with Gasteiger partial charge in [0.05, 0.1) is 11.0 Å². The lowest BCUT2D eigenvalue weighted by Crippen LogP contribution is -2.38. The van der Waals surface area contributed by atoms with E-state index in [-0.39, 0.29) is 18.3 Å². The van der Waals surface area contributed by atoms with Gasteiger partial charge in [0.25, 0.3) is 0 Å². The number of nitrogens with zero attached hydrogens (tertiary/aromatic N) is 1. The van der Waals surface area contributed by atoms with Crippen molar-refractivity contribution in [2.24, 2.45) is 23.7 Å². The van der Waals surface area contributed by atoms with Crippen LogP contribution < -0.4 is 5.32 Å². The topological polar surface area (TPSA) is 67.0 Å². The molecular weight excluding hydrogens is 357 g/mol. The molecule has 0 saturated carbocycles. The Morgan fingerprint density at radius 2 is 2.21 bits per heavy atom. The zero-order valence-electron chi connectivity index (χ0n) is 17.1. The van der Waals surface area contributed by atoms with Crippen LogP contribution >= 0.6 is 0 Å². The molecule has 0 bridgehead atoms. The monoisotopic (exact) mass is 387 g/mol. The number of hydrogen-bond acceptors (Lipinski definition) is 3. The molecule has 1 heterocycles. The number of halogens is 1. The lowest BCUT2D eigenvalue weighted by molar-refractivity contribution is -0.124. The number of nitrogens with one attached hydrogen (secondary N) is 2. The number of aromatic nitrogens is 2. The Labute approximate surface area is 165 Å². The molecule has 5 nitrogen and oxygen atoms in total. The number of carbonyl (C=O) groups excluding carboxylic acids is 1. The first kappa shape index (κ1) is 20.5. The minimum Gasteiger partial charge on any atom is -0.375 e. The van der Waals surface area contributed by atoms with Crippen molar-refractivity contribution in [3.63, 3.8) is 0 Å². The van der Waals surface area contributed by atoms with Gasteiger partial charge in [0.2, 0.25) is 5.91 Å². The average Bonchev–Trinajstić information content (AvgIpc) is 3.03. The summed E-state index contributed by atoms with van der Waals surface area (Å²) in [6, 6.07) is 4.64. The van der Waals surface area contributed by atoms with Crippen LogP contribution in [0.2, 0.25) is 0 Å². The van der Waals surface area contributed by atoms with E-state index in [4.69, 9.17) is 4.74 Å². The first-order valence-corrected chi connectivity index (χ1v) is 9.95. The predicted octanol–water partition coefficient (Wildman–Crippen LogP) is 3.86. The molecule has 2 aromatic rings. The molecule has 3 unspecified atom stereocenters. The highest BCUT2D eigenvalue weighted by molar-refractivity contribution is 5.77. The molecule has 0 radical (unpaired) electrons. The molecule has 28 heavy (non-hydrogen) atoms. The predicted molar refractivity (Wildman–Crippen MR) is 108 cm³/mol. The van der Waals surface area contributed by atoms with Crippen LogP contribution in [-0.2, 0) is 16.0 Å². The van der Waals surface area contributed by atoms with Crippen molar-refractivity contribution in [2.75, 3.05) is 20.3 Å². The number of aromatic amines is 1. The van der Waals surface area contributed by atoms with E-state index in [1.807, 2.05) is 0 Å². The van der Waals surface area contributed by atoms with E-state index in [1.54, 1.807) is 6.07 Å². The largest absolute Gasteiger partial charge is 0.375 e. The van der Waals surface area contributed by atoms with Crippen molar-refractivity contribution in [3.8, 4) is 0 Å². The van der Waals surface area contributed by atoms with Gasteiger partial charge in [-0.25, -0.2) is 9.37 Å². The first-order valence-electron chi connectivity index (χ1n) is 9.95. The molecule has 1 aliphatic rings. The van der Waals surface area contributed by atoms with Gasteiger partial charge < -0.3 is 15.0 Å². The molecule has 152 valence electrons. The number of imidazole rings is 1. The molecule has 3 rings (SSSR count). The number of H-pyrrole nitrogens is 1. The summed E-state index contributed by atoms with van der Waals surface area (Å²) in [5.74, 6) is 2.28. The number of allylic oxidation sites excluding steroid dienone is 1. The van der Waals surface area contributed by atoms with Crippen LogP contribution in [0, 0.1) is 29.5 Å². The van der Waals surface area contributed by atoms with Gasteiger partial charge in [-0.3, -0.25) is 4.79 Å². The SMILES string of the molecule is COCC(=O)NCC1C=C(C)C(Cc2nc3ccc(F)cc3[nH]2)CC1C(C)C. The summed E-state index contributed by atoms with van der Waals surface area (Å²) in [5.41, 5.74) is 2.87. The molecule has 0 saturated heterocycles. The number of fused-ring (bicyclic) bond motifs is 1. The quantitative estimate of drug-likeness (QED) is 0.709. The Morgan fingerprint density at radius 1 is 1.43 bits per heavy atom. The maximum absolute atomic E-state index is 13.4. The Bertz CT molecular complexity index is 859. The van der Waals surface area contributed by atoms with Crippen molar-refractivity contribution in [1.29, 1.82) is 0 Å². The Kier molecular flexibility index (Phi) is 6.50. The zero-order chi connectivity index (χ0) is 20.3. The lowest BCUT2D eigenvalue weighted by Gasteiger charge is -2.37. The molecular formula is C22H30FN3O2. The van der Waals surface area contributed by atoms with Gasteiger partial charge in [-0.05, 0) is 55.2 Å². The van der Waals surface area contributed by atoms with E-state index in [0.29, 0.717) is 30.2 Å². The average molecular weight is 387 g/mol. The Morgan fingerprint density at radius 3 is 2.93 bits per heavy atom. The second-order valence-corrected chi connectivity index (χ2v) is 8.20. The van der Waals surface area contributed by atoms with Gasteiger partial charge in [-0.1, -0.05) is 25.5 Å². The molecule has 2 N–H and O–H groups in total. The second-order valence-electron chi connectivity index (χ2n) is 8.20. The van der Waals surface area contributed by atoms with Crippen LogP contribution in [0.4, 0.5) is 4.39 Å². The number of methoxy groups -OCH3 is 1.